The van der Waals surface area contributed by atoms with Gasteiger partial charge in [-0.3, -0.25) is 39.9 Å². The Kier molecular flexibility index (Phi) is 31.2. The van der Waals surface area contributed by atoms with Gasteiger partial charge in [0.1, 0.15) is 23.0 Å². The molecule has 1 aliphatic heterocycles. The number of esters is 1. The third kappa shape index (κ3) is 22.0. The lowest BCUT2D eigenvalue weighted by Gasteiger charge is -2.34. The number of benzene rings is 4. The highest BCUT2D eigenvalue weighted by Crippen LogP contribution is 2.46. The molecule has 11 heterocycles. The van der Waals surface area contributed by atoms with Gasteiger partial charge in [-0.2, -0.15) is 21.6 Å². The molecule has 0 spiro atoms. The molecule has 23 nitrogen and oxygen atoms in total. The Hall–Kier alpha value is -13.3. The quantitative estimate of drug-likeness (QED) is 0.0211. The van der Waals surface area contributed by atoms with Crippen molar-refractivity contribution in [3.63, 3.8) is 0 Å². The van der Waals surface area contributed by atoms with Crippen molar-refractivity contribution in [3.05, 3.63) is 324 Å². The van der Waals surface area contributed by atoms with Gasteiger partial charge in [0.15, 0.2) is 16.6 Å². The number of hydrogen-bond acceptors (Lipinski definition) is 23. The summed E-state index contributed by atoms with van der Waals surface area (Å²) in [7, 11) is 1.66. The summed E-state index contributed by atoms with van der Waals surface area (Å²) in [6.07, 6.45) is 20.5. The SMILES string of the molecule is COC(=O)c1ccc(-c2ccc(C(C)(c3ccc(-c4cncc(OC)c4)cc3)C(C)C)nc2)nn1.COc1cncc(-c2ccc(C(C)(c3ccc(-c4ccc(Cl)nn4)cn3)C(C)C)cc2)c1.COc1cncc(-c2ccc(C(C)(c3ccc(B4OC(C)(C)C(C)(C)O4)cn3)C(C)C)cc2)c1.COc1cncc(-c2ccc(C(C)(c3ccc(OS(=O)(=O)C(F)(F)F)cn3)C(C)C)cc2)c1. The first-order valence-corrected chi connectivity index (χ1v) is 45.5. The van der Waals surface area contributed by atoms with Crippen LogP contribution in [-0.2, 0) is 45.8 Å². The predicted molar refractivity (Wildman–Crippen MR) is 517 cm³/mol. The number of halogens is 4. The van der Waals surface area contributed by atoms with E-state index in [9.17, 15) is 26.4 Å². The number of methoxy groups -OCH3 is 5. The molecule has 1 fully saturated rings. The van der Waals surface area contributed by atoms with E-state index in [0.29, 0.717) is 40.0 Å². The van der Waals surface area contributed by atoms with Gasteiger partial charge in [0.2, 0.25) is 0 Å². The van der Waals surface area contributed by atoms with Crippen LogP contribution in [0.1, 0.15) is 166 Å². The van der Waals surface area contributed by atoms with E-state index in [1.807, 2.05) is 125 Å². The molecule has 0 radical (unpaired) electrons. The number of rotatable bonds is 26. The molecule has 0 N–H and O–H groups in total. The lowest BCUT2D eigenvalue weighted by molar-refractivity contribution is -0.0500. The minimum absolute atomic E-state index is 0.0556. The normalized spacial score (nSPS) is 14.6. The van der Waals surface area contributed by atoms with Crippen LogP contribution in [0.4, 0.5) is 13.2 Å². The average molecular weight is 1850 g/mol. The summed E-state index contributed by atoms with van der Waals surface area (Å²) < 4.78 is 103. The van der Waals surface area contributed by atoms with Crippen LogP contribution in [0, 0.1) is 23.7 Å². The zero-order chi connectivity index (χ0) is 96.9. The number of carbonyl (C=O) groups is 1. The second kappa shape index (κ2) is 41.9. The summed E-state index contributed by atoms with van der Waals surface area (Å²) in [5.41, 5.74) is 12.8. The largest absolute Gasteiger partial charge is 0.534 e. The molecule has 0 bridgehead atoms. The summed E-state index contributed by atoms with van der Waals surface area (Å²) in [6, 6.07) is 63.3. The number of aromatic nitrogens is 12. The number of carbonyl (C=O) groups excluding carboxylic acids is 1. The van der Waals surface area contributed by atoms with Gasteiger partial charge in [-0.1, -0.05) is 170 Å². The van der Waals surface area contributed by atoms with Gasteiger partial charge in [0.05, 0.1) is 112 Å². The van der Waals surface area contributed by atoms with Crippen LogP contribution in [0.25, 0.3) is 67.0 Å². The predicted octanol–water partition coefficient (Wildman–Crippen LogP) is 22.3. The summed E-state index contributed by atoms with van der Waals surface area (Å²) in [5.74, 6) is 2.86. The monoisotopic (exact) mass is 1850 g/mol. The van der Waals surface area contributed by atoms with Crippen LogP contribution in [0.3, 0.4) is 0 Å². The Morgan fingerprint density at radius 2 is 0.664 bits per heavy atom. The van der Waals surface area contributed by atoms with Gasteiger partial charge in [-0.25, -0.2) is 4.79 Å². The smallest absolute Gasteiger partial charge is 0.495 e. The van der Waals surface area contributed by atoms with E-state index >= 15 is 0 Å². The first kappa shape index (κ1) is 99.7. The van der Waals surface area contributed by atoms with Crippen molar-refractivity contribution in [3.8, 4) is 95.8 Å². The highest BCUT2D eigenvalue weighted by atomic mass is 35.5. The van der Waals surface area contributed by atoms with E-state index in [1.54, 1.807) is 83.8 Å². The van der Waals surface area contributed by atoms with Gasteiger partial charge >= 0.3 is 28.7 Å². The topological polar surface area (TPSA) is 280 Å². The van der Waals surface area contributed by atoms with E-state index in [-0.39, 0.29) is 39.1 Å². The molecule has 0 amide bonds. The molecule has 1 aliphatic rings. The number of ether oxygens (including phenoxy) is 5. The molecule has 29 heteroatoms. The molecule has 14 aromatic rings. The number of hydrogen-bond donors (Lipinski definition) is 0. The maximum Gasteiger partial charge on any atom is 0.534 e. The standard InChI is InChI=1S/C28H35BN2O3.C28H28N4O3.C26H25ClN4O.C23H23F3N2O4S/c1-19(2)28(7,22-11-9-20(10-12-22)21-15-24(32-8)18-30-16-21)25-14-13-23(17-31-25)29-33-26(3,4)27(5,6)34-29;1-18(2)28(3,22-9-6-19(7-10-22)21-14-23(34-4)17-29-15-21)26-13-8-20(16-30-26)24-11-12-25(32-31-24)27(33)35-5;1-17(2)26(3,24-11-7-19(15-29-24)23-10-12-25(27)31-30-23)21-8-5-18(6-9-21)20-13-22(32-4)16-28-14-20;1-15(2)22(3,21-10-9-19(14-28-21)32-33(29,30)23(24,25)26)18-7-5-16(6-8-18)17-11-20(31-4)13-27-12-17/h9-19H,1-8H3;6-18H,1-5H3;5-17H,1-4H3;5-15H,1-4H3. The van der Waals surface area contributed by atoms with E-state index in [2.05, 4.69) is 235 Å². The first-order chi connectivity index (χ1) is 63.6. The second-order valence-electron chi connectivity index (χ2n) is 35.5. The third-order valence-electron chi connectivity index (χ3n) is 26.2. The minimum atomic E-state index is -5.76. The first-order valence-electron chi connectivity index (χ1n) is 43.7. The highest BCUT2D eigenvalue weighted by Gasteiger charge is 2.52. The summed E-state index contributed by atoms with van der Waals surface area (Å²) in [5, 5.41) is 16.5. The summed E-state index contributed by atoms with van der Waals surface area (Å²) >= 11 is 5.85. The molecule has 4 aromatic carbocycles. The van der Waals surface area contributed by atoms with Crippen molar-refractivity contribution in [2.24, 2.45) is 23.7 Å². The lowest BCUT2D eigenvalue weighted by Crippen LogP contribution is -2.41. The minimum Gasteiger partial charge on any atom is -0.495 e. The molecule has 4 atom stereocenters. The summed E-state index contributed by atoms with van der Waals surface area (Å²) in [6.45, 7) is 34.3. The molecule has 4 unspecified atom stereocenters. The highest BCUT2D eigenvalue weighted by molar-refractivity contribution is 7.88. The third-order valence-corrected chi connectivity index (χ3v) is 27.3. The van der Waals surface area contributed by atoms with Gasteiger partial charge in [-0.05, 0) is 215 Å². The Morgan fingerprint density at radius 3 is 0.918 bits per heavy atom. The molecule has 0 saturated carbocycles. The van der Waals surface area contributed by atoms with E-state index < -0.39 is 39.9 Å². The van der Waals surface area contributed by atoms with Crippen molar-refractivity contribution >= 4 is 40.3 Å². The van der Waals surface area contributed by atoms with Crippen molar-refractivity contribution in [2.75, 3.05) is 35.5 Å². The Balaban J connectivity index is 0.000000161. The van der Waals surface area contributed by atoms with Gasteiger partial charge in [0, 0.05) is 104 Å². The zero-order valence-electron chi connectivity index (χ0n) is 79.1. The molecular weight excluding hydrogens is 1740 g/mol. The molecule has 1 saturated heterocycles. The Bertz CT molecular complexity index is 6410. The van der Waals surface area contributed by atoms with Crippen LogP contribution in [0.5, 0.6) is 28.7 Å². The molecule has 134 heavy (non-hydrogen) atoms. The van der Waals surface area contributed by atoms with Crippen LogP contribution < -0.4 is 28.6 Å². The fraction of sp³-hybridized carbons (Fsp3) is 0.305. The van der Waals surface area contributed by atoms with Crippen LogP contribution in [-0.4, -0.2) is 134 Å². The van der Waals surface area contributed by atoms with E-state index in [4.69, 9.17) is 54.8 Å². The molecule has 0 aliphatic carbocycles. The van der Waals surface area contributed by atoms with Crippen LogP contribution >= 0.6 is 11.6 Å². The van der Waals surface area contributed by atoms with Gasteiger partial charge in [0.25, 0.3) is 0 Å². The van der Waals surface area contributed by atoms with Crippen molar-refractivity contribution in [1.82, 2.24) is 60.3 Å². The zero-order valence-corrected chi connectivity index (χ0v) is 80.6. The lowest BCUT2D eigenvalue weighted by atomic mass is 9.70. The van der Waals surface area contributed by atoms with Crippen LogP contribution in [0.2, 0.25) is 5.15 Å². The number of nitrogens with zero attached hydrogens (tertiary/aromatic N) is 12. The van der Waals surface area contributed by atoms with Crippen molar-refractivity contribution in [1.29, 1.82) is 0 Å². The van der Waals surface area contributed by atoms with E-state index in [1.165, 1.54) is 35.9 Å². The number of alkyl halides is 3. The Labute approximate surface area is 787 Å². The Morgan fingerprint density at radius 1 is 0.358 bits per heavy atom. The maximum atomic E-state index is 12.6. The van der Waals surface area contributed by atoms with Gasteiger partial charge < -0.3 is 37.2 Å². The molecule has 15 rings (SSSR count). The van der Waals surface area contributed by atoms with Crippen molar-refractivity contribution in [2.45, 2.75) is 149 Å². The molecule has 694 valence electrons. The van der Waals surface area contributed by atoms with Gasteiger partial charge in [-0.15, -0.1) is 20.4 Å². The second-order valence-corrected chi connectivity index (χ2v) is 37.4. The molecule has 10 aromatic heterocycles. The number of pyridine rings is 8. The maximum absolute atomic E-state index is 12.6. The average Bonchev–Trinajstić information content (AvgIpc) is 1.55. The fourth-order valence-electron chi connectivity index (χ4n) is 15.5. The van der Waals surface area contributed by atoms with Crippen molar-refractivity contribution < 1.29 is 63.6 Å². The molecular formula is C105H111BClF3N12O11S. The van der Waals surface area contributed by atoms with E-state index in [0.717, 1.165) is 113 Å². The summed E-state index contributed by atoms with van der Waals surface area (Å²) in [4.78, 5) is 47.4. The van der Waals surface area contributed by atoms with Crippen LogP contribution in [0.15, 0.2) is 268 Å². The fourth-order valence-corrected chi connectivity index (χ4v) is 16.1.